The zero-order valence-electron chi connectivity index (χ0n) is 7.85. The van der Waals surface area contributed by atoms with Crippen LogP contribution in [0.2, 0.25) is 5.15 Å². The monoisotopic (exact) mass is 221 g/mol. The minimum Gasteiger partial charge on any atom is -0.294 e. The highest BCUT2D eigenvalue weighted by Crippen LogP contribution is 2.22. The fourth-order valence-corrected chi connectivity index (χ4v) is 1.59. The molecule has 15 heavy (non-hydrogen) atoms. The van der Waals surface area contributed by atoms with Gasteiger partial charge in [0.05, 0.1) is 0 Å². The van der Waals surface area contributed by atoms with E-state index in [0.29, 0.717) is 23.9 Å². The minimum absolute atomic E-state index is 0.0189. The van der Waals surface area contributed by atoms with Crippen LogP contribution in [0, 0.1) is 18.3 Å². The zero-order chi connectivity index (χ0) is 10.8. The van der Waals surface area contributed by atoms with Gasteiger partial charge in [0.2, 0.25) is 5.91 Å². The summed E-state index contributed by atoms with van der Waals surface area (Å²) < 4.78 is 0. The number of hydrogen-bond donors (Lipinski definition) is 0. The van der Waals surface area contributed by atoms with Crippen molar-refractivity contribution in [2.45, 2.75) is 6.42 Å². The Morgan fingerprint density at radius 1 is 1.53 bits per heavy atom. The molecule has 1 aliphatic heterocycles. The predicted molar refractivity (Wildman–Crippen MR) is 56.3 cm³/mol. The molecule has 0 aromatic carbocycles. The van der Waals surface area contributed by atoms with Crippen LogP contribution in [0.1, 0.15) is 6.42 Å². The molecule has 0 radical (unpaired) electrons. The number of hydrogen-bond acceptors (Lipinski definition) is 3. The molecule has 1 aliphatic rings. The molecule has 1 amide bonds. The summed E-state index contributed by atoms with van der Waals surface area (Å²) in [7, 11) is 0. The Labute approximate surface area is 92.2 Å². The molecule has 5 heteroatoms. The van der Waals surface area contributed by atoms with Crippen LogP contribution in [-0.2, 0) is 4.79 Å². The Bertz CT molecular complexity index is 423. The highest BCUT2D eigenvalue weighted by atomic mass is 35.5. The summed E-state index contributed by atoms with van der Waals surface area (Å²) in [5, 5.41) is 7.82. The van der Waals surface area contributed by atoms with Crippen LogP contribution in [0.3, 0.4) is 0 Å². The van der Waals surface area contributed by atoms with Gasteiger partial charge in [0, 0.05) is 18.9 Å². The molecule has 1 aromatic heterocycles. The smallest absolute Gasteiger partial charge is 0.229 e. The fourth-order valence-electron chi connectivity index (χ4n) is 1.49. The quantitative estimate of drug-likeness (QED) is 0.668. The summed E-state index contributed by atoms with van der Waals surface area (Å²) in [6.45, 7) is 0.506. The summed E-state index contributed by atoms with van der Waals surface area (Å²) in [5.74, 6) is 3.02. The molecule has 2 rings (SSSR count). The van der Waals surface area contributed by atoms with E-state index >= 15 is 0 Å². The van der Waals surface area contributed by atoms with E-state index in [1.54, 1.807) is 12.1 Å². The SMILES string of the molecule is C#CC1CC(=O)N(c2ccc(Cl)nn2)C1. The van der Waals surface area contributed by atoms with Crippen molar-refractivity contribution in [2.75, 3.05) is 11.4 Å². The molecule has 0 spiro atoms. The first kappa shape index (κ1) is 9.94. The number of aromatic nitrogens is 2. The van der Waals surface area contributed by atoms with Gasteiger partial charge in [-0.05, 0) is 12.1 Å². The van der Waals surface area contributed by atoms with Crippen molar-refractivity contribution >= 4 is 23.3 Å². The third-order valence-corrected chi connectivity index (χ3v) is 2.46. The van der Waals surface area contributed by atoms with Crippen molar-refractivity contribution < 1.29 is 4.79 Å². The number of terminal acetylenes is 1. The van der Waals surface area contributed by atoms with Gasteiger partial charge in [0.25, 0.3) is 0 Å². The summed E-state index contributed by atoms with van der Waals surface area (Å²) in [6.07, 6.45) is 5.65. The first-order valence-electron chi connectivity index (χ1n) is 4.46. The van der Waals surface area contributed by atoms with Crippen molar-refractivity contribution in [3.05, 3.63) is 17.3 Å². The number of amides is 1. The largest absolute Gasteiger partial charge is 0.294 e. The molecule has 76 valence electrons. The highest BCUT2D eigenvalue weighted by molar-refractivity contribution is 6.29. The second-order valence-corrected chi connectivity index (χ2v) is 3.67. The van der Waals surface area contributed by atoms with Crippen molar-refractivity contribution in [3.63, 3.8) is 0 Å². The van der Waals surface area contributed by atoms with Crippen molar-refractivity contribution in [2.24, 2.45) is 5.92 Å². The standard InChI is InChI=1S/C10H8ClN3O/c1-2-7-5-10(15)14(6-7)9-4-3-8(11)12-13-9/h1,3-4,7H,5-6H2. The number of carbonyl (C=O) groups excluding carboxylic acids is 1. The Hall–Kier alpha value is -1.60. The first-order chi connectivity index (χ1) is 7.20. The maximum absolute atomic E-state index is 11.6. The van der Waals surface area contributed by atoms with Gasteiger partial charge < -0.3 is 0 Å². The molecule has 1 unspecified atom stereocenters. The van der Waals surface area contributed by atoms with E-state index in [1.807, 2.05) is 0 Å². The van der Waals surface area contributed by atoms with E-state index in [-0.39, 0.29) is 11.8 Å². The number of anilines is 1. The summed E-state index contributed by atoms with van der Waals surface area (Å²) in [5.41, 5.74) is 0. The molecule has 4 nitrogen and oxygen atoms in total. The fraction of sp³-hybridized carbons (Fsp3) is 0.300. The van der Waals surface area contributed by atoms with E-state index in [2.05, 4.69) is 16.1 Å². The third-order valence-electron chi connectivity index (χ3n) is 2.26. The van der Waals surface area contributed by atoms with Gasteiger partial charge in [-0.15, -0.1) is 22.5 Å². The van der Waals surface area contributed by atoms with Crippen LogP contribution in [0.5, 0.6) is 0 Å². The van der Waals surface area contributed by atoms with E-state index < -0.39 is 0 Å². The Kier molecular flexibility index (Phi) is 2.57. The molecule has 2 heterocycles. The van der Waals surface area contributed by atoms with Crippen LogP contribution in [-0.4, -0.2) is 22.6 Å². The topological polar surface area (TPSA) is 46.1 Å². The maximum Gasteiger partial charge on any atom is 0.229 e. The molecule has 0 N–H and O–H groups in total. The van der Waals surface area contributed by atoms with Gasteiger partial charge in [-0.1, -0.05) is 11.6 Å². The second kappa shape index (κ2) is 3.87. The van der Waals surface area contributed by atoms with Crippen molar-refractivity contribution in [3.8, 4) is 12.3 Å². The van der Waals surface area contributed by atoms with Gasteiger partial charge in [0.15, 0.2) is 11.0 Å². The lowest BCUT2D eigenvalue weighted by atomic mass is 10.1. The molecule has 1 saturated heterocycles. The number of carbonyl (C=O) groups is 1. The van der Waals surface area contributed by atoms with Gasteiger partial charge in [-0.25, -0.2) is 0 Å². The van der Waals surface area contributed by atoms with E-state index in [1.165, 1.54) is 4.90 Å². The molecule has 1 atom stereocenters. The lowest BCUT2D eigenvalue weighted by molar-refractivity contribution is -0.117. The Morgan fingerprint density at radius 2 is 2.33 bits per heavy atom. The maximum atomic E-state index is 11.6. The van der Waals surface area contributed by atoms with E-state index in [0.717, 1.165) is 0 Å². The zero-order valence-corrected chi connectivity index (χ0v) is 8.61. The van der Waals surface area contributed by atoms with Gasteiger partial charge in [0.1, 0.15) is 0 Å². The van der Waals surface area contributed by atoms with Crippen molar-refractivity contribution in [1.82, 2.24) is 10.2 Å². The first-order valence-corrected chi connectivity index (χ1v) is 4.84. The number of rotatable bonds is 1. The van der Waals surface area contributed by atoms with E-state index in [4.69, 9.17) is 18.0 Å². The molecule has 0 aliphatic carbocycles. The normalized spacial score (nSPS) is 20.4. The van der Waals surface area contributed by atoms with Crippen LogP contribution in [0.15, 0.2) is 12.1 Å². The van der Waals surface area contributed by atoms with Gasteiger partial charge in [-0.2, -0.15) is 0 Å². The van der Waals surface area contributed by atoms with Crippen LogP contribution in [0.25, 0.3) is 0 Å². The average molecular weight is 222 g/mol. The lowest BCUT2D eigenvalue weighted by Gasteiger charge is -2.13. The minimum atomic E-state index is -0.0324. The molecular formula is C10H8ClN3O. The number of halogens is 1. The average Bonchev–Trinajstić information content (AvgIpc) is 2.61. The van der Waals surface area contributed by atoms with Gasteiger partial charge >= 0.3 is 0 Å². The van der Waals surface area contributed by atoms with Crippen molar-refractivity contribution in [1.29, 1.82) is 0 Å². The summed E-state index contributed by atoms with van der Waals surface area (Å²) in [4.78, 5) is 13.1. The van der Waals surface area contributed by atoms with E-state index in [9.17, 15) is 4.79 Å². The summed E-state index contributed by atoms with van der Waals surface area (Å²) in [6, 6.07) is 3.26. The van der Waals surface area contributed by atoms with Crippen LogP contribution in [0.4, 0.5) is 5.82 Å². The van der Waals surface area contributed by atoms with Gasteiger partial charge in [-0.3, -0.25) is 9.69 Å². The molecule has 0 bridgehead atoms. The number of nitrogens with zero attached hydrogens (tertiary/aromatic N) is 3. The molecular weight excluding hydrogens is 214 g/mol. The van der Waals surface area contributed by atoms with Crippen LogP contribution < -0.4 is 4.90 Å². The molecule has 1 aromatic rings. The summed E-state index contributed by atoms with van der Waals surface area (Å²) >= 11 is 5.60. The second-order valence-electron chi connectivity index (χ2n) is 3.29. The molecule has 0 saturated carbocycles. The Balaban J connectivity index is 2.22. The lowest BCUT2D eigenvalue weighted by Crippen LogP contribution is -2.25. The molecule has 1 fully saturated rings. The predicted octanol–water partition coefficient (Wildman–Crippen LogP) is 1.12. The van der Waals surface area contributed by atoms with Crippen LogP contribution >= 0.6 is 11.6 Å². The highest BCUT2D eigenvalue weighted by Gasteiger charge is 2.30. The Morgan fingerprint density at radius 3 is 2.87 bits per heavy atom. The third kappa shape index (κ3) is 1.92.